The van der Waals surface area contributed by atoms with Crippen molar-refractivity contribution >= 4 is 17.7 Å². The van der Waals surface area contributed by atoms with Crippen molar-refractivity contribution in [1.82, 2.24) is 5.32 Å². The zero-order chi connectivity index (χ0) is 12.7. The van der Waals surface area contributed by atoms with Crippen molar-refractivity contribution in [1.29, 1.82) is 0 Å². The Hall–Kier alpha value is -0.220. The van der Waals surface area contributed by atoms with Gasteiger partial charge in [-0.3, -0.25) is 4.79 Å². The van der Waals surface area contributed by atoms with Gasteiger partial charge in [0.1, 0.15) is 5.54 Å². The van der Waals surface area contributed by atoms with E-state index in [2.05, 4.69) is 19.2 Å². The Morgan fingerprint density at radius 1 is 1.53 bits per heavy atom. The Balaban J connectivity index is 2.68. The van der Waals surface area contributed by atoms with Gasteiger partial charge < -0.3 is 10.1 Å². The minimum Gasteiger partial charge on any atom is -0.468 e. The van der Waals surface area contributed by atoms with Crippen LogP contribution in [0.4, 0.5) is 0 Å². The van der Waals surface area contributed by atoms with E-state index < -0.39 is 5.54 Å². The number of esters is 1. The second kappa shape index (κ2) is 7.27. The first kappa shape index (κ1) is 14.8. The molecule has 0 aromatic rings. The van der Waals surface area contributed by atoms with Gasteiger partial charge in [0.05, 0.1) is 7.11 Å². The molecule has 100 valence electrons. The third-order valence-electron chi connectivity index (χ3n) is 3.68. The predicted molar refractivity (Wildman–Crippen MR) is 73.4 cm³/mol. The van der Waals surface area contributed by atoms with Crippen molar-refractivity contribution in [2.45, 2.75) is 45.1 Å². The molecule has 0 bridgehead atoms. The fourth-order valence-electron chi connectivity index (χ4n) is 2.91. The molecule has 3 nitrogen and oxygen atoms in total. The molecular weight excluding hydrogens is 234 g/mol. The van der Waals surface area contributed by atoms with Gasteiger partial charge >= 0.3 is 5.97 Å². The zero-order valence-electron chi connectivity index (χ0n) is 11.3. The average molecular weight is 259 g/mol. The van der Waals surface area contributed by atoms with Crippen LogP contribution in [0.5, 0.6) is 0 Å². The van der Waals surface area contributed by atoms with Crippen LogP contribution in [-0.4, -0.2) is 36.7 Å². The lowest BCUT2D eigenvalue weighted by molar-refractivity contribution is -0.150. The summed E-state index contributed by atoms with van der Waals surface area (Å²) in [6, 6.07) is 0. The van der Waals surface area contributed by atoms with Crippen molar-refractivity contribution in [3.63, 3.8) is 0 Å². The molecule has 0 amide bonds. The van der Waals surface area contributed by atoms with Gasteiger partial charge in [0.15, 0.2) is 0 Å². The summed E-state index contributed by atoms with van der Waals surface area (Å²) in [5, 5.41) is 3.40. The average Bonchev–Trinajstić information content (AvgIpc) is 2.73. The lowest BCUT2D eigenvalue weighted by Crippen LogP contribution is -2.55. The van der Waals surface area contributed by atoms with Crippen molar-refractivity contribution in [2.24, 2.45) is 5.92 Å². The molecule has 2 unspecified atom stereocenters. The Morgan fingerprint density at radius 3 is 2.88 bits per heavy atom. The lowest BCUT2D eigenvalue weighted by atomic mass is 9.85. The number of carbonyl (C=O) groups is 1. The van der Waals surface area contributed by atoms with Crippen LogP contribution < -0.4 is 5.32 Å². The molecule has 0 aromatic carbocycles. The number of nitrogens with one attached hydrogen (secondary N) is 1. The van der Waals surface area contributed by atoms with E-state index in [1.54, 1.807) is 0 Å². The molecule has 1 aliphatic rings. The highest BCUT2D eigenvalue weighted by atomic mass is 32.2. The normalized spacial score (nSPS) is 28.3. The first-order chi connectivity index (χ1) is 8.21. The zero-order valence-corrected chi connectivity index (χ0v) is 12.1. The van der Waals surface area contributed by atoms with E-state index in [-0.39, 0.29) is 5.97 Å². The highest BCUT2D eigenvalue weighted by molar-refractivity contribution is 7.99. The van der Waals surface area contributed by atoms with E-state index in [0.29, 0.717) is 5.92 Å². The van der Waals surface area contributed by atoms with Crippen LogP contribution in [-0.2, 0) is 9.53 Å². The quantitative estimate of drug-likeness (QED) is 0.563. The molecule has 2 atom stereocenters. The maximum absolute atomic E-state index is 12.1. The molecule has 0 saturated heterocycles. The molecule has 0 aliphatic heterocycles. The minimum absolute atomic E-state index is 0.0663. The summed E-state index contributed by atoms with van der Waals surface area (Å²) >= 11 is 1.95. The fourth-order valence-corrected chi connectivity index (χ4v) is 3.65. The summed E-state index contributed by atoms with van der Waals surface area (Å²) in [6.45, 7) is 5.06. The molecule has 17 heavy (non-hydrogen) atoms. The third-order valence-corrected chi connectivity index (χ3v) is 4.61. The maximum Gasteiger partial charge on any atom is 0.326 e. The second-order valence-corrected chi connectivity index (χ2v) is 5.96. The number of hydrogen-bond donors (Lipinski definition) is 1. The monoisotopic (exact) mass is 259 g/mol. The Morgan fingerprint density at radius 2 is 2.29 bits per heavy atom. The largest absolute Gasteiger partial charge is 0.468 e. The van der Waals surface area contributed by atoms with Gasteiger partial charge in [0.2, 0.25) is 0 Å². The topological polar surface area (TPSA) is 38.3 Å². The Kier molecular flexibility index (Phi) is 6.34. The number of likely N-dealkylation sites (N-methyl/N-ethyl adjacent to an activating group) is 1. The van der Waals surface area contributed by atoms with Gasteiger partial charge in [-0.2, -0.15) is 11.8 Å². The molecule has 1 rings (SSSR count). The number of thioether (sulfide) groups is 1. The van der Waals surface area contributed by atoms with Gasteiger partial charge in [-0.15, -0.1) is 0 Å². The number of rotatable bonds is 7. The molecule has 0 radical (unpaired) electrons. The molecule has 0 heterocycles. The van der Waals surface area contributed by atoms with Crippen molar-refractivity contribution in [3.8, 4) is 0 Å². The summed E-state index contributed by atoms with van der Waals surface area (Å²) < 4.78 is 5.02. The van der Waals surface area contributed by atoms with Crippen molar-refractivity contribution in [3.05, 3.63) is 0 Å². The first-order valence-electron chi connectivity index (χ1n) is 6.62. The molecule has 0 aromatic heterocycles. The molecule has 1 fully saturated rings. The van der Waals surface area contributed by atoms with E-state index in [1.165, 1.54) is 7.11 Å². The van der Waals surface area contributed by atoms with Gasteiger partial charge in [-0.25, -0.2) is 0 Å². The summed E-state index contributed by atoms with van der Waals surface area (Å²) in [5.41, 5.74) is -0.405. The van der Waals surface area contributed by atoms with Crippen LogP contribution in [0.15, 0.2) is 0 Å². The second-order valence-electron chi connectivity index (χ2n) is 4.57. The SMILES string of the molecule is CCNC1(C(=O)OC)CCCC1CCSCC. The highest BCUT2D eigenvalue weighted by Crippen LogP contribution is 2.39. The summed E-state index contributed by atoms with van der Waals surface area (Å²) in [6.07, 6.45) is 4.31. The van der Waals surface area contributed by atoms with E-state index in [9.17, 15) is 4.79 Å². The highest BCUT2D eigenvalue weighted by Gasteiger charge is 2.48. The Bertz CT molecular complexity index is 248. The van der Waals surface area contributed by atoms with Crippen LogP contribution in [0.3, 0.4) is 0 Å². The van der Waals surface area contributed by atoms with Crippen LogP contribution >= 0.6 is 11.8 Å². The molecular formula is C13H25NO2S. The van der Waals surface area contributed by atoms with Crippen LogP contribution in [0.25, 0.3) is 0 Å². The van der Waals surface area contributed by atoms with Gasteiger partial charge in [0.25, 0.3) is 0 Å². The lowest BCUT2D eigenvalue weighted by Gasteiger charge is -2.33. The molecule has 1 aliphatic carbocycles. The fraction of sp³-hybridized carbons (Fsp3) is 0.923. The van der Waals surface area contributed by atoms with Crippen LogP contribution in [0, 0.1) is 5.92 Å². The van der Waals surface area contributed by atoms with Crippen molar-refractivity contribution in [2.75, 3.05) is 25.2 Å². The number of carbonyl (C=O) groups excluding carboxylic acids is 1. The van der Waals surface area contributed by atoms with E-state index in [1.807, 2.05) is 11.8 Å². The van der Waals surface area contributed by atoms with E-state index in [0.717, 1.165) is 43.7 Å². The maximum atomic E-state index is 12.1. The van der Waals surface area contributed by atoms with Gasteiger partial charge in [-0.1, -0.05) is 20.3 Å². The summed E-state index contributed by atoms with van der Waals surface area (Å²) in [5.74, 6) is 2.67. The minimum atomic E-state index is -0.405. The van der Waals surface area contributed by atoms with Crippen LogP contribution in [0.2, 0.25) is 0 Å². The summed E-state index contributed by atoms with van der Waals surface area (Å²) in [4.78, 5) is 12.1. The van der Waals surface area contributed by atoms with E-state index in [4.69, 9.17) is 4.74 Å². The van der Waals surface area contributed by atoms with Crippen LogP contribution in [0.1, 0.15) is 39.5 Å². The number of methoxy groups -OCH3 is 1. The standard InChI is InChI=1S/C13H25NO2S/c1-4-14-13(12(15)16-3)9-6-7-11(13)8-10-17-5-2/h11,14H,4-10H2,1-3H3. The van der Waals surface area contributed by atoms with E-state index >= 15 is 0 Å². The molecule has 0 spiro atoms. The van der Waals surface area contributed by atoms with Gasteiger partial charge in [0, 0.05) is 0 Å². The molecule has 4 heteroatoms. The summed E-state index contributed by atoms with van der Waals surface area (Å²) in [7, 11) is 1.50. The number of hydrogen-bond acceptors (Lipinski definition) is 4. The first-order valence-corrected chi connectivity index (χ1v) is 7.78. The molecule has 1 N–H and O–H groups in total. The number of ether oxygens (including phenoxy) is 1. The van der Waals surface area contributed by atoms with Gasteiger partial charge in [-0.05, 0) is 43.2 Å². The molecule has 1 saturated carbocycles. The Labute approximate surface area is 109 Å². The van der Waals surface area contributed by atoms with Crippen molar-refractivity contribution < 1.29 is 9.53 Å². The predicted octanol–water partition coefficient (Wildman–Crippen LogP) is 2.45. The smallest absolute Gasteiger partial charge is 0.326 e. The third kappa shape index (κ3) is 3.38.